The molecule has 3 rings (SSSR count). The number of hydrogen-bond donors (Lipinski definition) is 0. The van der Waals surface area contributed by atoms with Crippen LogP contribution in [0.2, 0.25) is 0 Å². The molecule has 0 aliphatic carbocycles. The maximum Gasteiger partial charge on any atom is 0.158 e. The van der Waals surface area contributed by atoms with Crippen LogP contribution < -0.4 is 9.47 Å². The van der Waals surface area contributed by atoms with Gasteiger partial charge < -0.3 is 14.3 Å². The Balaban J connectivity index is 1.76. The van der Waals surface area contributed by atoms with Crippen LogP contribution in [0.1, 0.15) is 16.8 Å². The van der Waals surface area contributed by atoms with Gasteiger partial charge in [0, 0.05) is 12.4 Å². The van der Waals surface area contributed by atoms with E-state index in [0.29, 0.717) is 23.7 Å². The summed E-state index contributed by atoms with van der Waals surface area (Å²) >= 11 is 0. The standard InChI is InChI=1S/C20H18N4O3/c1-25-17-7-3-5-15(11-17)14-27-23-13-16-6-4-10-24(16)20-18(12-21)19(26-2)8-9-22-20/h3-11,13H,14H2,1-2H3. The lowest BCUT2D eigenvalue weighted by molar-refractivity contribution is 0.132. The summed E-state index contributed by atoms with van der Waals surface area (Å²) in [5, 5.41) is 13.5. The summed E-state index contributed by atoms with van der Waals surface area (Å²) in [6.07, 6.45) is 4.96. The first-order chi connectivity index (χ1) is 13.3. The van der Waals surface area contributed by atoms with Gasteiger partial charge in [-0.1, -0.05) is 17.3 Å². The minimum Gasteiger partial charge on any atom is -0.497 e. The van der Waals surface area contributed by atoms with Crippen molar-refractivity contribution in [1.29, 1.82) is 5.26 Å². The van der Waals surface area contributed by atoms with E-state index in [1.54, 1.807) is 36.4 Å². The Morgan fingerprint density at radius 1 is 1.19 bits per heavy atom. The van der Waals surface area contributed by atoms with Crippen LogP contribution in [-0.2, 0) is 11.4 Å². The number of aromatic nitrogens is 2. The Morgan fingerprint density at radius 3 is 2.85 bits per heavy atom. The first kappa shape index (κ1) is 18.0. The fourth-order valence-electron chi connectivity index (χ4n) is 2.55. The molecule has 2 aromatic heterocycles. The van der Waals surface area contributed by atoms with Crippen LogP contribution in [0, 0.1) is 11.3 Å². The summed E-state index contributed by atoms with van der Waals surface area (Å²) in [5.41, 5.74) is 2.02. The maximum absolute atomic E-state index is 9.45. The smallest absolute Gasteiger partial charge is 0.158 e. The van der Waals surface area contributed by atoms with Gasteiger partial charge in [0.15, 0.2) is 5.82 Å². The van der Waals surface area contributed by atoms with E-state index in [2.05, 4.69) is 16.2 Å². The zero-order chi connectivity index (χ0) is 19.1. The first-order valence-corrected chi connectivity index (χ1v) is 8.16. The van der Waals surface area contributed by atoms with E-state index in [1.165, 1.54) is 7.11 Å². The molecule has 0 spiro atoms. The van der Waals surface area contributed by atoms with Gasteiger partial charge in [-0.2, -0.15) is 5.26 Å². The van der Waals surface area contributed by atoms with Crippen molar-refractivity contribution >= 4 is 6.21 Å². The van der Waals surface area contributed by atoms with Gasteiger partial charge in [-0.05, 0) is 35.9 Å². The van der Waals surface area contributed by atoms with Crippen molar-refractivity contribution in [3.63, 3.8) is 0 Å². The molecule has 0 aliphatic rings. The lowest BCUT2D eigenvalue weighted by atomic mass is 10.2. The maximum atomic E-state index is 9.45. The van der Waals surface area contributed by atoms with Crippen LogP contribution in [0.5, 0.6) is 11.5 Å². The predicted molar refractivity (Wildman–Crippen MR) is 100 cm³/mol. The SMILES string of the molecule is COc1cccc(CON=Cc2cccn2-c2nccc(OC)c2C#N)c1. The fraction of sp³-hybridized carbons (Fsp3) is 0.150. The van der Waals surface area contributed by atoms with Gasteiger partial charge in [-0.25, -0.2) is 4.98 Å². The molecule has 0 saturated carbocycles. The number of hydrogen-bond acceptors (Lipinski definition) is 6. The molecule has 2 heterocycles. The summed E-state index contributed by atoms with van der Waals surface area (Å²) in [5.74, 6) is 1.70. The Morgan fingerprint density at radius 2 is 2.07 bits per heavy atom. The molecule has 7 nitrogen and oxygen atoms in total. The van der Waals surface area contributed by atoms with Gasteiger partial charge in [0.05, 0.1) is 26.1 Å². The molecule has 0 atom stereocenters. The molecule has 0 radical (unpaired) electrons. The van der Waals surface area contributed by atoms with Gasteiger partial charge in [0.2, 0.25) is 0 Å². The van der Waals surface area contributed by atoms with Crippen LogP contribution in [0.25, 0.3) is 5.82 Å². The number of oxime groups is 1. The third-order valence-corrected chi connectivity index (χ3v) is 3.86. The third-order valence-electron chi connectivity index (χ3n) is 3.86. The zero-order valence-electron chi connectivity index (χ0n) is 15.0. The van der Waals surface area contributed by atoms with E-state index in [0.717, 1.165) is 17.0 Å². The second kappa shape index (κ2) is 8.54. The van der Waals surface area contributed by atoms with Crippen molar-refractivity contribution in [3.05, 3.63) is 71.7 Å². The molecule has 0 bridgehead atoms. The largest absolute Gasteiger partial charge is 0.497 e. The van der Waals surface area contributed by atoms with Gasteiger partial charge >= 0.3 is 0 Å². The average Bonchev–Trinajstić information content (AvgIpc) is 3.19. The molecule has 0 saturated heterocycles. The summed E-state index contributed by atoms with van der Waals surface area (Å²) < 4.78 is 12.2. The Labute approximate surface area is 157 Å². The molecular formula is C20H18N4O3. The van der Waals surface area contributed by atoms with Crippen molar-refractivity contribution < 1.29 is 14.3 Å². The molecule has 0 N–H and O–H groups in total. The lowest BCUT2D eigenvalue weighted by Gasteiger charge is -2.10. The van der Waals surface area contributed by atoms with E-state index in [4.69, 9.17) is 14.3 Å². The van der Waals surface area contributed by atoms with Gasteiger partial charge in [0.25, 0.3) is 0 Å². The molecule has 27 heavy (non-hydrogen) atoms. The number of methoxy groups -OCH3 is 2. The number of nitrogens with zero attached hydrogens (tertiary/aromatic N) is 4. The number of rotatable bonds is 7. The Bertz CT molecular complexity index is 989. The van der Waals surface area contributed by atoms with Crippen molar-refractivity contribution in [3.8, 4) is 23.4 Å². The highest BCUT2D eigenvalue weighted by Gasteiger charge is 2.13. The fourth-order valence-corrected chi connectivity index (χ4v) is 2.55. The summed E-state index contributed by atoms with van der Waals surface area (Å²) in [4.78, 5) is 9.68. The van der Waals surface area contributed by atoms with Crippen LogP contribution in [0.4, 0.5) is 0 Å². The highest BCUT2D eigenvalue weighted by molar-refractivity contribution is 5.78. The number of nitriles is 1. The van der Waals surface area contributed by atoms with Gasteiger partial charge in [-0.15, -0.1) is 0 Å². The zero-order valence-corrected chi connectivity index (χ0v) is 15.0. The van der Waals surface area contributed by atoms with Crippen LogP contribution >= 0.6 is 0 Å². The molecule has 0 unspecified atom stereocenters. The van der Waals surface area contributed by atoms with Crippen molar-refractivity contribution in [2.75, 3.05) is 14.2 Å². The number of pyridine rings is 1. The first-order valence-electron chi connectivity index (χ1n) is 8.16. The molecule has 136 valence electrons. The van der Waals surface area contributed by atoms with Crippen molar-refractivity contribution in [2.45, 2.75) is 6.61 Å². The van der Waals surface area contributed by atoms with Gasteiger partial charge in [0.1, 0.15) is 29.7 Å². The Hall–Kier alpha value is -3.79. The van der Waals surface area contributed by atoms with E-state index in [-0.39, 0.29) is 0 Å². The van der Waals surface area contributed by atoms with Crippen molar-refractivity contribution in [2.24, 2.45) is 5.16 Å². The van der Waals surface area contributed by atoms with E-state index >= 15 is 0 Å². The molecule has 3 aromatic rings. The monoisotopic (exact) mass is 362 g/mol. The minimum absolute atomic E-state index is 0.315. The summed E-state index contributed by atoms with van der Waals surface area (Å²) in [6, 6.07) is 15.0. The van der Waals surface area contributed by atoms with Crippen LogP contribution in [0.3, 0.4) is 0 Å². The minimum atomic E-state index is 0.315. The lowest BCUT2D eigenvalue weighted by Crippen LogP contribution is -2.05. The number of ether oxygens (including phenoxy) is 2. The molecule has 1 aromatic carbocycles. The second-order valence-corrected chi connectivity index (χ2v) is 5.49. The average molecular weight is 362 g/mol. The van der Waals surface area contributed by atoms with Crippen LogP contribution in [0.15, 0.2) is 60.0 Å². The number of benzene rings is 1. The molecule has 0 fully saturated rings. The molecular weight excluding hydrogens is 344 g/mol. The molecule has 0 amide bonds. The van der Waals surface area contributed by atoms with E-state index in [1.807, 2.05) is 36.4 Å². The topological polar surface area (TPSA) is 81.7 Å². The highest BCUT2D eigenvalue weighted by atomic mass is 16.6. The van der Waals surface area contributed by atoms with E-state index < -0.39 is 0 Å². The summed E-state index contributed by atoms with van der Waals surface area (Å²) in [7, 11) is 3.14. The quantitative estimate of drug-likeness (QED) is 0.476. The summed E-state index contributed by atoms with van der Waals surface area (Å²) in [6.45, 7) is 0.315. The van der Waals surface area contributed by atoms with E-state index in [9.17, 15) is 5.26 Å². The predicted octanol–water partition coefficient (Wildman–Crippen LogP) is 3.31. The second-order valence-electron chi connectivity index (χ2n) is 5.49. The molecule has 7 heteroatoms. The normalized spacial score (nSPS) is 10.6. The van der Waals surface area contributed by atoms with Crippen LogP contribution in [-0.4, -0.2) is 30.0 Å². The molecule has 0 aliphatic heterocycles. The third kappa shape index (κ3) is 4.07. The van der Waals surface area contributed by atoms with Gasteiger partial charge in [-0.3, -0.25) is 4.57 Å². The highest BCUT2D eigenvalue weighted by Crippen LogP contribution is 2.23. The Kier molecular flexibility index (Phi) is 5.70. The van der Waals surface area contributed by atoms with Crippen molar-refractivity contribution in [1.82, 2.24) is 9.55 Å².